The molecular formula is C6H6BrNO3S. The molecule has 0 atom stereocenters. The van der Waals surface area contributed by atoms with Gasteiger partial charge in [-0.3, -0.25) is 0 Å². The fourth-order valence-corrected chi connectivity index (χ4v) is 1.35. The standard InChI is InChI=1S/C6H6BrNO3S/c1-10-6(9)3-11-5-2-4(7)12-8-5/h2H,3H2,1H3. The molecule has 0 spiro atoms. The lowest BCUT2D eigenvalue weighted by Crippen LogP contribution is -2.12. The smallest absolute Gasteiger partial charge is 0.343 e. The Morgan fingerprint density at radius 1 is 1.83 bits per heavy atom. The number of halogens is 1. The number of aromatic nitrogens is 1. The van der Waals surface area contributed by atoms with Crippen LogP contribution in [0, 0.1) is 0 Å². The van der Waals surface area contributed by atoms with E-state index in [2.05, 4.69) is 25.0 Å². The van der Waals surface area contributed by atoms with Gasteiger partial charge in [-0.25, -0.2) is 4.79 Å². The van der Waals surface area contributed by atoms with E-state index in [-0.39, 0.29) is 6.61 Å². The second-order valence-electron chi connectivity index (χ2n) is 1.83. The van der Waals surface area contributed by atoms with Crippen LogP contribution >= 0.6 is 27.5 Å². The summed E-state index contributed by atoms with van der Waals surface area (Å²) < 4.78 is 14.1. The van der Waals surface area contributed by atoms with Crippen LogP contribution in [0.3, 0.4) is 0 Å². The first kappa shape index (κ1) is 9.47. The van der Waals surface area contributed by atoms with Crippen molar-refractivity contribution in [3.05, 3.63) is 9.85 Å². The Hall–Kier alpha value is -0.620. The van der Waals surface area contributed by atoms with Gasteiger partial charge in [0.2, 0.25) is 5.88 Å². The number of ether oxygens (including phenoxy) is 2. The van der Waals surface area contributed by atoms with Crippen molar-refractivity contribution >= 4 is 33.4 Å². The second kappa shape index (κ2) is 4.42. The molecule has 12 heavy (non-hydrogen) atoms. The first-order chi connectivity index (χ1) is 5.72. The zero-order valence-corrected chi connectivity index (χ0v) is 8.65. The molecule has 0 aliphatic heterocycles. The Bertz CT molecular complexity index is 276. The van der Waals surface area contributed by atoms with Crippen LogP contribution in [0.4, 0.5) is 0 Å². The van der Waals surface area contributed by atoms with E-state index in [4.69, 9.17) is 4.74 Å². The van der Waals surface area contributed by atoms with Crippen molar-refractivity contribution in [3.63, 3.8) is 0 Å². The van der Waals surface area contributed by atoms with Crippen LogP contribution in [-0.4, -0.2) is 24.1 Å². The van der Waals surface area contributed by atoms with Crippen LogP contribution in [-0.2, 0) is 9.53 Å². The largest absolute Gasteiger partial charge is 0.466 e. The Labute approximate surface area is 81.8 Å². The number of nitrogens with zero attached hydrogens (tertiary/aromatic N) is 1. The van der Waals surface area contributed by atoms with E-state index in [1.54, 1.807) is 6.07 Å². The summed E-state index contributed by atoms with van der Waals surface area (Å²) in [7, 11) is 1.31. The molecule has 0 bridgehead atoms. The van der Waals surface area contributed by atoms with E-state index in [1.165, 1.54) is 18.6 Å². The van der Waals surface area contributed by atoms with Crippen LogP contribution in [0.2, 0.25) is 0 Å². The minimum atomic E-state index is -0.417. The van der Waals surface area contributed by atoms with Crippen LogP contribution in [0.15, 0.2) is 9.85 Å². The molecule has 0 aromatic carbocycles. The Kier molecular flexibility index (Phi) is 3.48. The minimum Gasteiger partial charge on any atom is -0.466 e. The van der Waals surface area contributed by atoms with E-state index in [1.807, 2.05) is 0 Å². The summed E-state index contributed by atoms with van der Waals surface area (Å²) in [5, 5.41) is 0. The molecule has 0 fully saturated rings. The molecule has 0 saturated carbocycles. The lowest BCUT2D eigenvalue weighted by atomic mass is 10.7. The Morgan fingerprint density at radius 2 is 2.58 bits per heavy atom. The molecule has 1 aromatic rings. The van der Waals surface area contributed by atoms with Gasteiger partial charge in [-0.1, -0.05) is 0 Å². The molecule has 66 valence electrons. The highest BCUT2D eigenvalue weighted by Gasteiger charge is 2.04. The van der Waals surface area contributed by atoms with Gasteiger partial charge in [0.25, 0.3) is 0 Å². The maximum absolute atomic E-state index is 10.6. The number of methoxy groups -OCH3 is 1. The third kappa shape index (κ3) is 2.78. The van der Waals surface area contributed by atoms with E-state index in [9.17, 15) is 4.79 Å². The van der Waals surface area contributed by atoms with Crippen molar-refractivity contribution in [2.24, 2.45) is 0 Å². The quantitative estimate of drug-likeness (QED) is 0.764. The van der Waals surface area contributed by atoms with Gasteiger partial charge in [-0.15, -0.1) is 0 Å². The summed E-state index contributed by atoms with van der Waals surface area (Å²) >= 11 is 4.47. The summed E-state index contributed by atoms with van der Waals surface area (Å²) in [5.41, 5.74) is 0. The first-order valence-electron chi connectivity index (χ1n) is 3.04. The van der Waals surface area contributed by atoms with E-state index in [0.29, 0.717) is 5.88 Å². The number of esters is 1. The summed E-state index contributed by atoms with van der Waals surface area (Å²) in [4.78, 5) is 10.6. The number of carbonyl (C=O) groups excluding carboxylic acids is 1. The van der Waals surface area contributed by atoms with E-state index >= 15 is 0 Å². The molecule has 0 amide bonds. The van der Waals surface area contributed by atoms with Gasteiger partial charge in [0.15, 0.2) is 6.61 Å². The van der Waals surface area contributed by atoms with Gasteiger partial charge < -0.3 is 9.47 Å². The fraction of sp³-hybridized carbons (Fsp3) is 0.333. The fourth-order valence-electron chi connectivity index (χ4n) is 0.498. The van der Waals surface area contributed by atoms with Crippen LogP contribution in [0.1, 0.15) is 0 Å². The Balaban J connectivity index is 2.38. The summed E-state index contributed by atoms with van der Waals surface area (Å²) in [6.07, 6.45) is 0. The molecule has 0 aliphatic carbocycles. The molecule has 0 aliphatic rings. The monoisotopic (exact) mass is 251 g/mol. The molecule has 1 aromatic heterocycles. The lowest BCUT2D eigenvalue weighted by Gasteiger charge is -1.98. The van der Waals surface area contributed by atoms with Gasteiger partial charge in [0, 0.05) is 6.07 Å². The van der Waals surface area contributed by atoms with Crippen molar-refractivity contribution < 1.29 is 14.3 Å². The van der Waals surface area contributed by atoms with Crippen LogP contribution in [0.5, 0.6) is 5.88 Å². The van der Waals surface area contributed by atoms with Crippen LogP contribution in [0.25, 0.3) is 0 Å². The molecule has 4 nitrogen and oxygen atoms in total. The van der Waals surface area contributed by atoms with Crippen LogP contribution < -0.4 is 4.74 Å². The normalized spacial score (nSPS) is 9.50. The third-order valence-corrected chi connectivity index (χ3v) is 2.25. The van der Waals surface area contributed by atoms with Gasteiger partial charge in [-0.05, 0) is 27.5 Å². The summed E-state index contributed by atoms with van der Waals surface area (Å²) in [5.74, 6) is 0.0106. The number of carbonyl (C=O) groups is 1. The van der Waals surface area contributed by atoms with Crippen molar-refractivity contribution in [2.45, 2.75) is 0 Å². The first-order valence-corrected chi connectivity index (χ1v) is 4.61. The number of rotatable bonds is 3. The molecule has 6 heteroatoms. The molecule has 0 saturated heterocycles. The summed E-state index contributed by atoms with van der Waals surface area (Å²) in [6, 6.07) is 1.69. The topological polar surface area (TPSA) is 48.4 Å². The van der Waals surface area contributed by atoms with Crippen molar-refractivity contribution in [1.29, 1.82) is 0 Å². The van der Waals surface area contributed by atoms with E-state index in [0.717, 1.165) is 3.79 Å². The molecule has 1 heterocycles. The highest BCUT2D eigenvalue weighted by Crippen LogP contribution is 2.21. The van der Waals surface area contributed by atoms with Crippen molar-refractivity contribution in [3.8, 4) is 5.88 Å². The molecule has 0 unspecified atom stereocenters. The average molecular weight is 252 g/mol. The maximum atomic E-state index is 10.6. The van der Waals surface area contributed by atoms with Crippen molar-refractivity contribution in [2.75, 3.05) is 13.7 Å². The SMILES string of the molecule is COC(=O)COc1cc(Br)sn1. The molecular weight excluding hydrogens is 246 g/mol. The third-order valence-electron chi connectivity index (χ3n) is 1.03. The zero-order chi connectivity index (χ0) is 8.97. The zero-order valence-electron chi connectivity index (χ0n) is 6.24. The summed E-state index contributed by atoms with van der Waals surface area (Å²) in [6.45, 7) is -0.104. The van der Waals surface area contributed by atoms with Gasteiger partial charge in [0.05, 0.1) is 10.9 Å². The van der Waals surface area contributed by atoms with E-state index < -0.39 is 5.97 Å². The van der Waals surface area contributed by atoms with Gasteiger partial charge in [-0.2, -0.15) is 4.37 Å². The highest BCUT2D eigenvalue weighted by molar-refractivity contribution is 9.11. The highest BCUT2D eigenvalue weighted by atomic mass is 79.9. The Morgan fingerprint density at radius 3 is 3.08 bits per heavy atom. The predicted molar refractivity (Wildman–Crippen MR) is 47.3 cm³/mol. The second-order valence-corrected chi connectivity index (χ2v) is 4.02. The minimum absolute atomic E-state index is 0.104. The maximum Gasteiger partial charge on any atom is 0.343 e. The average Bonchev–Trinajstić information content (AvgIpc) is 2.47. The van der Waals surface area contributed by atoms with Gasteiger partial charge >= 0.3 is 5.97 Å². The molecule has 0 N–H and O–H groups in total. The predicted octanol–water partition coefficient (Wildman–Crippen LogP) is 1.46. The van der Waals surface area contributed by atoms with Crippen molar-refractivity contribution in [1.82, 2.24) is 4.37 Å². The number of hydrogen-bond acceptors (Lipinski definition) is 5. The lowest BCUT2D eigenvalue weighted by molar-refractivity contribution is -0.143. The number of hydrogen-bond donors (Lipinski definition) is 0. The van der Waals surface area contributed by atoms with Gasteiger partial charge in [0.1, 0.15) is 0 Å². The molecule has 1 rings (SSSR count). The molecule has 0 radical (unpaired) electrons.